The van der Waals surface area contributed by atoms with Crippen LogP contribution in [0.5, 0.6) is 0 Å². The third kappa shape index (κ3) is 29.6. The second kappa shape index (κ2) is 23.0. The number of carboxylic acid groups (broad SMARTS) is 1. The summed E-state index contributed by atoms with van der Waals surface area (Å²) in [4.78, 5) is 9.85. The van der Waals surface area contributed by atoms with Gasteiger partial charge in [0, 0.05) is 13.0 Å². The van der Waals surface area contributed by atoms with E-state index in [0.717, 1.165) is 37.0 Å². The third-order valence-electron chi connectivity index (χ3n) is 4.71. The molecule has 4 aliphatic carbocycles. The molecule has 4 rings (SSSR count). The van der Waals surface area contributed by atoms with Crippen LogP contribution < -0.4 is 23.1 Å². The van der Waals surface area contributed by atoms with E-state index in [1.807, 2.05) is 0 Å². The Bertz CT molecular complexity index is 324. The molecule has 0 heterocycles. The molecule has 0 aliphatic heterocycles. The quantitative estimate of drug-likeness (QED) is 0.185. The van der Waals surface area contributed by atoms with Gasteiger partial charge in [0.2, 0.25) is 0 Å². The van der Waals surface area contributed by atoms with Crippen LogP contribution in [0.15, 0.2) is 0 Å². The first-order valence-electron chi connectivity index (χ1n) is 9.76. The molecule has 4 nitrogen and oxygen atoms in total. The first-order chi connectivity index (χ1) is 11.6. The Morgan fingerprint density at radius 1 is 0.893 bits per heavy atom. The van der Waals surface area contributed by atoms with E-state index in [0.29, 0.717) is 18.9 Å². The Balaban J connectivity index is -0.000000132. The first kappa shape index (κ1) is 36.7. The van der Waals surface area contributed by atoms with E-state index >= 15 is 0 Å². The van der Waals surface area contributed by atoms with Gasteiger partial charge in [-0.05, 0) is 47.9 Å². The maximum atomic E-state index is 9.85. The van der Waals surface area contributed by atoms with Crippen molar-refractivity contribution in [3.63, 3.8) is 0 Å². The molecule has 0 spiro atoms. The van der Waals surface area contributed by atoms with E-state index < -0.39 is 5.97 Å². The molecule has 0 aromatic rings. The average molecular weight is 589 g/mol. The summed E-state index contributed by atoms with van der Waals surface area (Å²) in [6.07, 6.45) is 15.0. The van der Waals surface area contributed by atoms with Crippen LogP contribution in [0.4, 0.5) is 0 Å². The standard InChI is InChI=1S/C5H9I.C5H8O2.C5H10O.C5H9.CH4.BrH.Mg.H3N/c6-4-3-5-1-2-5;6-5(7)3-4-1-2-4;6-4-3-5-1-2-5;1-2-5-3-4-5;;;;/h5H,1-4H2;4H,1-3H2,(H,6,7);5-6H,1-4H2;5H,1-4H2;1H4;1H;;1H3/q;;;-1;;;+2;/p-1. The van der Waals surface area contributed by atoms with Crippen LogP contribution in [0.25, 0.3) is 0 Å². The minimum absolute atomic E-state index is 0. The topological polar surface area (TPSA) is 92.5 Å². The fraction of sp³-hybridized carbons (Fsp3) is 0.905. The van der Waals surface area contributed by atoms with E-state index in [9.17, 15) is 4.79 Å². The maximum absolute atomic E-state index is 9.85. The second-order valence-corrected chi connectivity index (χ2v) is 8.73. The van der Waals surface area contributed by atoms with Crippen LogP contribution >= 0.6 is 22.6 Å². The fourth-order valence-corrected chi connectivity index (χ4v) is 3.01. The summed E-state index contributed by atoms with van der Waals surface area (Å²) in [6, 6.07) is 0. The van der Waals surface area contributed by atoms with Gasteiger partial charge in [0.05, 0.1) is 0 Å². The molecule has 4 fully saturated rings. The van der Waals surface area contributed by atoms with Crippen molar-refractivity contribution in [2.75, 3.05) is 11.0 Å². The van der Waals surface area contributed by atoms with E-state index in [-0.39, 0.29) is 53.6 Å². The molecule has 0 radical (unpaired) electrons. The average Bonchev–Trinajstić information content (AvgIpc) is 3.34. The fourth-order valence-electron chi connectivity index (χ4n) is 2.13. The second-order valence-electron chi connectivity index (χ2n) is 7.65. The van der Waals surface area contributed by atoms with Gasteiger partial charge in [-0.3, -0.25) is 4.79 Å². The third-order valence-corrected chi connectivity index (χ3v) is 5.34. The Labute approximate surface area is 214 Å². The van der Waals surface area contributed by atoms with Crippen molar-refractivity contribution in [2.24, 2.45) is 23.7 Å². The minimum Gasteiger partial charge on any atom is -1.00 e. The number of carbonyl (C=O) groups is 1. The van der Waals surface area contributed by atoms with Gasteiger partial charge in [0.25, 0.3) is 0 Å². The number of halogens is 2. The first-order valence-corrected chi connectivity index (χ1v) is 11.3. The zero-order valence-electron chi connectivity index (χ0n) is 16.9. The van der Waals surface area contributed by atoms with Crippen LogP contribution in [0.1, 0.15) is 84.5 Å². The van der Waals surface area contributed by atoms with E-state index in [2.05, 4.69) is 29.5 Å². The van der Waals surface area contributed by atoms with Gasteiger partial charge in [0.1, 0.15) is 0 Å². The molecule has 7 heteroatoms. The van der Waals surface area contributed by atoms with E-state index in [4.69, 9.17) is 10.2 Å². The molecule has 28 heavy (non-hydrogen) atoms. The van der Waals surface area contributed by atoms with Crippen LogP contribution in [-0.4, -0.2) is 50.3 Å². The van der Waals surface area contributed by atoms with E-state index in [1.54, 1.807) is 0 Å². The molecule has 5 N–H and O–H groups in total. The van der Waals surface area contributed by atoms with Gasteiger partial charge in [-0.2, -0.15) is 6.42 Å². The predicted molar refractivity (Wildman–Crippen MR) is 126 cm³/mol. The summed E-state index contributed by atoms with van der Waals surface area (Å²) in [7, 11) is 0. The van der Waals surface area contributed by atoms with Crippen molar-refractivity contribution in [1.29, 1.82) is 0 Å². The van der Waals surface area contributed by atoms with E-state index in [1.165, 1.54) is 55.8 Å². The Morgan fingerprint density at radius 2 is 1.29 bits per heavy atom. The smallest absolute Gasteiger partial charge is 1.00 e. The largest absolute Gasteiger partial charge is 2.00 e. The van der Waals surface area contributed by atoms with Crippen LogP contribution in [0.3, 0.4) is 0 Å². The summed E-state index contributed by atoms with van der Waals surface area (Å²) in [6.45, 7) is 4.14. The minimum atomic E-state index is -0.650. The maximum Gasteiger partial charge on any atom is 2.00 e. The predicted octanol–water partition coefficient (Wildman–Crippen LogP) is 2.91. The molecule has 0 saturated heterocycles. The number of rotatable bonds is 7. The zero-order valence-corrected chi connectivity index (χ0v) is 22.0. The molecule has 0 aromatic carbocycles. The summed E-state index contributed by atoms with van der Waals surface area (Å²) >= 11 is 2.44. The number of carboxylic acids is 1. The summed E-state index contributed by atoms with van der Waals surface area (Å²) in [5, 5.41) is 16.4. The van der Waals surface area contributed by atoms with Crippen molar-refractivity contribution >= 4 is 51.6 Å². The number of aliphatic carboxylic acids is 1. The Hall–Kier alpha value is 1.37. The molecule has 166 valence electrons. The molecule has 0 aromatic heterocycles. The van der Waals surface area contributed by atoms with Gasteiger partial charge in [-0.25, -0.2) is 0 Å². The number of hydrogen-bond donors (Lipinski definition) is 3. The molecule has 0 bridgehead atoms. The van der Waals surface area contributed by atoms with Crippen molar-refractivity contribution in [3.8, 4) is 0 Å². The van der Waals surface area contributed by atoms with Gasteiger partial charge in [-0.1, -0.05) is 74.5 Å². The SMILES string of the molecule is C.ICCC1CC1.N.O=C(O)CC1CC1.OCCC1CC1.[Br-].[CH2-]CC1CC1.[Mg+2]. The summed E-state index contributed by atoms with van der Waals surface area (Å²) in [5.74, 6) is 2.94. The van der Waals surface area contributed by atoms with Gasteiger partial charge in [-0.15, -0.1) is 0 Å². The van der Waals surface area contributed by atoms with Crippen LogP contribution in [0.2, 0.25) is 0 Å². The molecular weight excluding hydrogens is 545 g/mol. The number of alkyl halides is 1. The Kier molecular flexibility index (Phi) is 30.2. The number of hydrogen-bond acceptors (Lipinski definition) is 3. The molecule has 0 unspecified atom stereocenters. The van der Waals surface area contributed by atoms with Gasteiger partial charge in [0.15, 0.2) is 0 Å². The number of aliphatic hydroxyl groups is 1. The summed E-state index contributed by atoms with van der Waals surface area (Å²) in [5.41, 5.74) is 0. The van der Waals surface area contributed by atoms with Crippen molar-refractivity contribution in [1.82, 2.24) is 6.15 Å². The van der Waals surface area contributed by atoms with Crippen molar-refractivity contribution in [2.45, 2.75) is 84.5 Å². The van der Waals surface area contributed by atoms with Crippen molar-refractivity contribution in [3.05, 3.63) is 6.92 Å². The Morgan fingerprint density at radius 3 is 1.39 bits per heavy atom. The molecule has 4 saturated carbocycles. The number of aliphatic hydroxyl groups excluding tert-OH is 1. The van der Waals surface area contributed by atoms with Gasteiger partial charge < -0.3 is 40.3 Å². The molecule has 4 aliphatic rings. The van der Waals surface area contributed by atoms with Crippen LogP contribution in [0, 0.1) is 30.6 Å². The molecule has 0 atom stereocenters. The van der Waals surface area contributed by atoms with Gasteiger partial charge >= 0.3 is 29.0 Å². The zero-order chi connectivity index (χ0) is 17.8. The normalized spacial score (nSPS) is 18.2. The molecular formula is C21H43BrIMgNO3. The van der Waals surface area contributed by atoms with Crippen LogP contribution in [-0.2, 0) is 4.79 Å². The molecule has 0 amide bonds. The monoisotopic (exact) mass is 587 g/mol. The summed E-state index contributed by atoms with van der Waals surface area (Å²) < 4.78 is 1.36. The van der Waals surface area contributed by atoms with Crippen molar-refractivity contribution < 1.29 is 32.0 Å².